The first kappa shape index (κ1) is 15.3. The third kappa shape index (κ3) is 3.42. The van der Waals surface area contributed by atoms with Gasteiger partial charge in [0, 0.05) is 17.8 Å². The number of nitrogens with one attached hydrogen (secondary N) is 2. The fraction of sp³-hybridized carbons (Fsp3) is 0.647. The molecule has 1 saturated carbocycles. The van der Waals surface area contributed by atoms with Gasteiger partial charge in [0.1, 0.15) is 5.82 Å². The molecular weight excluding hydrogens is 331 g/mol. The average Bonchev–Trinajstić information content (AvgIpc) is 2.94. The van der Waals surface area contributed by atoms with Gasteiger partial charge in [0.25, 0.3) is 0 Å². The van der Waals surface area contributed by atoms with Crippen molar-refractivity contribution in [3.05, 3.63) is 28.0 Å². The smallest absolute Gasteiger partial charge is 0.139 e. The Morgan fingerprint density at radius 2 is 2.05 bits per heavy atom. The first-order valence-corrected chi connectivity index (χ1v) is 8.90. The summed E-state index contributed by atoms with van der Waals surface area (Å²) in [6.45, 7) is 3.19. The summed E-state index contributed by atoms with van der Waals surface area (Å²) in [5.41, 5.74) is 2.05. The molecule has 2 nitrogen and oxygen atoms in total. The third-order valence-electron chi connectivity index (χ3n) is 5.04. The van der Waals surface area contributed by atoms with Crippen molar-refractivity contribution in [2.45, 2.75) is 57.5 Å². The van der Waals surface area contributed by atoms with Crippen LogP contribution in [0.3, 0.4) is 0 Å². The second-order valence-corrected chi connectivity index (χ2v) is 7.34. The van der Waals surface area contributed by atoms with Crippen LogP contribution >= 0.6 is 15.9 Å². The van der Waals surface area contributed by atoms with Crippen molar-refractivity contribution >= 4 is 21.6 Å². The van der Waals surface area contributed by atoms with Gasteiger partial charge in [-0.05, 0) is 78.7 Å². The van der Waals surface area contributed by atoms with Crippen LogP contribution in [0.5, 0.6) is 0 Å². The second-order valence-electron chi connectivity index (χ2n) is 6.48. The van der Waals surface area contributed by atoms with E-state index >= 15 is 0 Å². The second kappa shape index (κ2) is 6.66. The van der Waals surface area contributed by atoms with E-state index in [9.17, 15) is 4.39 Å². The molecule has 21 heavy (non-hydrogen) atoms. The maximum Gasteiger partial charge on any atom is 0.139 e. The fourth-order valence-electron chi connectivity index (χ4n) is 3.90. The summed E-state index contributed by atoms with van der Waals surface area (Å²) in [5, 5.41) is 7.31. The SMILES string of the molecule is Cc1cc(Br)c(F)cc1NC1CCCC1C1CCCCN1. The number of piperidine rings is 1. The van der Waals surface area contributed by atoms with Crippen LogP contribution in [0.2, 0.25) is 0 Å². The number of benzene rings is 1. The molecule has 1 heterocycles. The number of aryl methyl sites for hydroxylation is 1. The number of rotatable bonds is 3. The van der Waals surface area contributed by atoms with Crippen molar-refractivity contribution in [3.63, 3.8) is 0 Å². The van der Waals surface area contributed by atoms with Crippen LogP contribution in [0.25, 0.3) is 0 Å². The predicted molar refractivity (Wildman–Crippen MR) is 89.2 cm³/mol. The van der Waals surface area contributed by atoms with Crippen molar-refractivity contribution in [1.29, 1.82) is 0 Å². The summed E-state index contributed by atoms with van der Waals surface area (Å²) in [5.74, 6) is 0.491. The number of hydrogen-bond acceptors (Lipinski definition) is 2. The van der Waals surface area contributed by atoms with E-state index in [4.69, 9.17) is 0 Å². The lowest BCUT2D eigenvalue weighted by atomic mass is 9.88. The quantitative estimate of drug-likeness (QED) is 0.827. The van der Waals surface area contributed by atoms with Gasteiger partial charge < -0.3 is 10.6 Å². The first-order chi connectivity index (χ1) is 10.1. The maximum atomic E-state index is 13.8. The summed E-state index contributed by atoms with van der Waals surface area (Å²) in [7, 11) is 0. The highest BCUT2D eigenvalue weighted by atomic mass is 79.9. The van der Waals surface area contributed by atoms with Crippen LogP contribution in [-0.4, -0.2) is 18.6 Å². The zero-order chi connectivity index (χ0) is 14.8. The number of halogens is 2. The van der Waals surface area contributed by atoms with Crippen molar-refractivity contribution < 1.29 is 4.39 Å². The molecule has 3 unspecified atom stereocenters. The molecule has 1 saturated heterocycles. The Kier molecular flexibility index (Phi) is 4.85. The molecule has 1 aromatic rings. The highest BCUT2D eigenvalue weighted by molar-refractivity contribution is 9.10. The molecule has 116 valence electrons. The van der Waals surface area contributed by atoms with Gasteiger partial charge in [-0.2, -0.15) is 0 Å². The third-order valence-corrected chi connectivity index (χ3v) is 5.65. The molecule has 0 radical (unpaired) electrons. The Balaban J connectivity index is 1.72. The van der Waals surface area contributed by atoms with Crippen LogP contribution in [-0.2, 0) is 0 Å². The molecule has 1 aliphatic carbocycles. The first-order valence-electron chi connectivity index (χ1n) is 8.10. The standard InChI is InChI=1S/C17H24BrFN2/c1-11-9-13(18)14(19)10-17(11)21-16-7-4-5-12(16)15-6-2-3-8-20-15/h9-10,12,15-16,20-21H,2-8H2,1H3. The van der Waals surface area contributed by atoms with Crippen LogP contribution in [0.15, 0.2) is 16.6 Å². The molecular formula is C17H24BrFN2. The predicted octanol–water partition coefficient (Wildman–Crippen LogP) is 4.62. The van der Waals surface area contributed by atoms with Gasteiger partial charge in [-0.25, -0.2) is 4.39 Å². The largest absolute Gasteiger partial charge is 0.382 e. The van der Waals surface area contributed by atoms with Gasteiger partial charge in [0.2, 0.25) is 0 Å². The Labute approximate surface area is 135 Å². The van der Waals surface area contributed by atoms with E-state index in [1.54, 1.807) is 6.07 Å². The van der Waals surface area contributed by atoms with Crippen molar-refractivity contribution in [1.82, 2.24) is 5.32 Å². The van der Waals surface area contributed by atoms with E-state index < -0.39 is 0 Å². The van der Waals surface area contributed by atoms with Gasteiger partial charge in [0.15, 0.2) is 0 Å². The molecule has 2 fully saturated rings. The van der Waals surface area contributed by atoms with E-state index in [1.807, 2.05) is 13.0 Å². The van der Waals surface area contributed by atoms with Crippen molar-refractivity contribution in [2.24, 2.45) is 5.92 Å². The summed E-state index contributed by atoms with van der Waals surface area (Å²) >= 11 is 3.25. The lowest BCUT2D eigenvalue weighted by molar-refractivity contribution is 0.286. The Morgan fingerprint density at radius 3 is 2.81 bits per heavy atom. The van der Waals surface area contributed by atoms with E-state index in [2.05, 4.69) is 26.6 Å². The van der Waals surface area contributed by atoms with Gasteiger partial charge in [-0.15, -0.1) is 0 Å². The van der Waals surface area contributed by atoms with E-state index in [0.29, 0.717) is 22.5 Å². The lowest BCUT2D eigenvalue weighted by Gasteiger charge is -2.33. The van der Waals surface area contributed by atoms with Gasteiger partial charge in [0.05, 0.1) is 4.47 Å². The topological polar surface area (TPSA) is 24.1 Å². The van der Waals surface area contributed by atoms with Gasteiger partial charge in [-0.3, -0.25) is 0 Å². The van der Waals surface area contributed by atoms with E-state index in [1.165, 1.54) is 38.5 Å². The van der Waals surface area contributed by atoms with Crippen LogP contribution in [0.4, 0.5) is 10.1 Å². The van der Waals surface area contributed by atoms with Gasteiger partial charge >= 0.3 is 0 Å². The molecule has 3 atom stereocenters. The molecule has 2 N–H and O–H groups in total. The fourth-order valence-corrected chi connectivity index (χ4v) is 4.35. The molecule has 4 heteroatoms. The monoisotopic (exact) mass is 354 g/mol. The normalized spacial score (nSPS) is 29.6. The summed E-state index contributed by atoms with van der Waals surface area (Å²) < 4.78 is 14.3. The van der Waals surface area contributed by atoms with Crippen molar-refractivity contribution in [3.8, 4) is 0 Å². The Hall–Kier alpha value is -0.610. The summed E-state index contributed by atoms with van der Waals surface area (Å²) in [6, 6.07) is 4.60. The minimum atomic E-state index is -0.187. The molecule has 0 spiro atoms. The Morgan fingerprint density at radius 1 is 1.19 bits per heavy atom. The molecule has 0 amide bonds. The lowest BCUT2D eigenvalue weighted by Crippen LogP contribution is -2.44. The van der Waals surface area contributed by atoms with E-state index in [-0.39, 0.29) is 5.82 Å². The summed E-state index contributed by atoms with van der Waals surface area (Å²) in [6.07, 6.45) is 7.69. The van der Waals surface area contributed by atoms with Crippen LogP contribution in [0.1, 0.15) is 44.1 Å². The molecule has 1 aromatic carbocycles. The average molecular weight is 355 g/mol. The van der Waals surface area contributed by atoms with Crippen molar-refractivity contribution in [2.75, 3.05) is 11.9 Å². The van der Waals surface area contributed by atoms with E-state index in [0.717, 1.165) is 17.8 Å². The summed E-state index contributed by atoms with van der Waals surface area (Å²) in [4.78, 5) is 0. The van der Waals surface area contributed by atoms with Gasteiger partial charge in [-0.1, -0.05) is 12.8 Å². The zero-order valence-corrected chi connectivity index (χ0v) is 14.2. The number of anilines is 1. The molecule has 3 rings (SSSR count). The van der Waals surface area contributed by atoms with Crippen LogP contribution in [0, 0.1) is 18.7 Å². The Bertz CT molecular complexity index is 500. The van der Waals surface area contributed by atoms with Crippen LogP contribution < -0.4 is 10.6 Å². The minimum absolute atomic E-state index is 0.187. The minimum Gasteiger partial charge on any atom is -0.382 e. The highest BCUT2D eigenvalue weighted by Crippen LogP contribution is 2.35. The molecule has 2 aliphatic rings. The number of hydrogen-bond donors (Lipinski definition) is 2. The maximum absolute atomic E-state index is 13.8. The zero-order valence-electron chi connectivity index (χ0n) is 12.6. The molecule has 0 bridgehead atoms. The molecule has 1 aliphatic heterocycles. The highest BCUT2D eigenvalue weighted by Gasteiger charge is 2.34. The molecule has 0 aromatic heterocycles.